The largest absolute Gasteiger partial charge is 0.486 e. The van der Waals surface area contributed by atoms with Crippen LogP contribution < -0.4 is 14.2 Å². The predicted molar refractivity (Wildman–Crippen MR) is 92.9 cm³/mol. The molecule has 2 aromatic carbocycles. The van der Waals surface area contributed by atoms with E-state index >= 15 is 0 Å². The fourth-order valence-corrected chi connectivity index (χ4v) is 1.93. The topological polar surface area (TPSA) is 61.8 Å². The summed E-state index contributed by atoms with van der Waals surface area (Å²) in [5.41, 5.74) is 0.392. The van der Waals surface area contributed by atoms with Crippen molar-refractivity contribution in [3.05, 3.63) is 66.7 Å². The zero-order valence-electron chi connectivity index (χ0n) is 14.0. The molecule has 5 heteroatoms. The van der Waals surface area contributed by atoms with Crippen molar-refractivity contribution in [1.82, 2.24) is 0 Å². The summed E-state index contributed by atoms with van der Waals surface area (Å²) < 4.78 is 16.2. The minimum Gasteiger partial charge on any atom is -0.486 e. The molecule has 0 saturated carbocycles. The van der Waals surface area contributed by atoms with Crippen molar-refractivity contribution >= 4 is 11.9 Å². The van der Waals surface area contributed by atoms with E-state index in [0.717, 1.165) is 18.9 Å². The molecule has 0 amide bonds. The lowest BCUT2D eigenvalue weighted by molar-refractivity contribution is -0.129. The molecule has 0 heterocycles. The SMILES string of the molecule is C=CC(=O)Oc1cc[c]c(OC(=O)c2ccccc2)c1OCCCC. The smallest absolute Gasteiger partial charge is 0.343 e. The van der Waals surface area contributed by atoms with E-state index in [1.165, 1.54) is 12.1 Å². The van der Waals surface area contributed by atoms with Gasteiger partial charge in [0.25, 0.3) is 0 Å². The number of ether oxygens (including phenoxy) is 3. The molecule has 0 aliphatic carbocycles. The number of benzene rings is 2. The molecule has 129 valence electrons. The van der Waals surface area contributed by atoms with Crippen molar-refractivity contribution in [1.29, 1.82) is 0 Å². The number of hydrogen-bond acceptors (Lipinski definition) is 5. The normalized spacial score (nSPS) is 9.96. The third kappa shape index (κ3) is 5.21. The van der Waals surface area contributed by atoms with E-state index in [2.05, 4.69) is 12.6 Å². The molecular weight excluding hydrogens is 320 g/mol. The van der Waals surface area contributed by atoms with Crippen LogP contribution in [0.1, 0.15) is 30.1 Å². The summed E-state index contributed by atoms with van der Waals surface area (Å²) in [5.74, 6) is -0.804. The van der Waals surface area contributed by atoms with Gasteiger partial charge in [-0.2, -0.15) is 0 Å². The van der Waals surface area contributed by atoms with E-state index in [1.807, 2.05) is 6.92 Å². The van der Waals surface area contributed by atoms with Crippen molar-refractivity contribution in [2.45, 2.75) is 19.8 Å². The summed E-state index contributed by atoms with van der Waals surface area (Å²) in [7, 11) is 0. The molecule has 0 aromatic heterocycles. The van der Waals surface area contributed by atoms with Crippen molar-refractivity contribution in [2.24, 2.45) is 0 Å². The van der Waals surface area contributed by atoms with Gasteiger partial charge in [-0.3, -0.25) is 0 Å². The van der Waals surface area contributed by atoms with Gasteiger partial charge in [-0.1, -0.05) is 38.1 Å². The molecule has 0 aliphatic rings. The van der Waals surface area contributed by atoms with Crippen LogP contribution in [-0.2, 0) is 4.79 Å². The maximum absolute atomic E-state index is 12.3. The van der Waals surface area contributed by atoms with Crippen LogP contribution in [0.2, 0.25) is 0 Å². The van der Waals surface area contributed by atoms with Gasteiger partial charge < -0.3 is 14.2 Å². The quantitative estimate of drug-likeness (QED) is 0.315. The molecule has 1 radical (unpaired) electrons. The maximum atomic E-state index is 12.3. The number of carbonyl (C=O) groups excluding carboxylic acids is 2. The molecule has 0 aliphatic heterocycles. The predicted octanol–water partition coefficient (Wildman–Crippen LogP) is 3.98. The van der Waals surface area contributed by atoms with E-state index in [9.17, 15) is 9.59 Å². The van der Waals surface area contributed by atoms with Gasteiger partial charge in [-0.15, -0.1) is 0 Å². The van der Waals surface area contributed by atoms with Crippen LogP contribution in [0, 0.1) is 6.07 Å². The first-order chi connectivity index (χ1) is 12.2. The van der Waals surface area contributed by atoms with E-state index in [-0.39, 0.29) is 17.2 Å². The third-order valence-electron chi connectivity index (χ3n) is 3.20. The molecule has 2 rings (SSSR count). The average molecular weight is 339 g/mol. The molecule has 0 spiro atoms. The summed E-state index contributed by atoms with van der Waals surface area (Å²) >= 11 is 0. The van der Waals surface area contributed by atoms with Crippen LogP contribution >= 0.6 is 0 Å². The summed E-state index contributed by atoms with van der Waals surface area (Å²) in [6.45, 7) is 5.78. The highest BCUT2D eigenvalue weighted by Crippen LogP contribution is 2.37. The second kappa shape index (κ2) is 9.27. The van der Waals surface area contributed by atoms with Crippen LogP contribution in [0.5, 0.6) is 17.2 Å². The van der Waals surface area contributed by atoms with E-state index in [1.54, 1.807) is 30.3 Å². The molecule has 0 N–H and O–H groups in total. The summed E-state index contributed by atoms with van der Waals surface area (Å²) in [4.78, 5) is 23.8. The molecule has 0 saturated heterocycles. The lowest BCUT2D eigenvalue weighted by Crippen LogP contribution is -2.11. The van der Waals surface area contributed by atoms with Crippen LogP contribution in [0.15, 0.2) is 55.1 Å². The van der Waals surface area contributed by atoms with E-state index in [4.69, 9.17) is 14.2 Å². The van der Waals surface area contributed by atoms with Crippen molar-refractivity contribution in [3.8, 4) is 17.2 Å². The summed E-state index contributed by atoms with van der Waals surface area (Å²) in [6, 6.07) is 14.4. The van der Waals surface area contributed by atoms with Crippen molar-refractivity contribution < 1.29 is 23.8 Å². The highest BCUT2D eigenvalue weighted by molar-refractivity contribution is 5.91. The van der Waals surface area contributed by atoms with Crippen LogP contribution in [0.25, 0.3) is 0 Å². The Morgan fingerprint density at radius 1 is 1.16 bits per heavy atom. The summed E-state index contributed by atoms with van der Waals surface area (Å²) in [5, 5.41) is 0. The molecule has 5 nitrogen and oxygen atoms in total. The first-order valence-electron chi connectivity index (χ1n) is 7.94. The summed E-state index contributed by atoms with van der Waals surface area (Å²) in [6.07, 6.45) is 2.77. The number of esters is 2. The van der Waals surface area contributed by atoms with Gasteiger partial charge >= 0.3 is 11.9 Å². The monoisotopic (exact) mass is 339 g/mol. The third-order valence-corrected chi connectivity index (χ3v) is 3.20. The molecular formula is C20H19O5. The fourth-order valence-electron chi connectivity index (χ4n) is 1.93. The van der Waals surface area contributed by atoms with Crippen molar-refractivity contribution in [3.63, 3.8) is 0 Å². The van der Waals surface area contributed by atoms with Crippen molar-refractivity contribution in [2.75, 3.05) is 6.61 Å². The lowest BCUT2D eigenvalue weighted by Gasteiger charge is -2.14. The first kappa shape index (κ1) is 18.3. The molecule has 0 bridgehead atoms. The minimum atomic E-state index is -0.633. The standard InChI is InChI=1S/C20H19O5/c1-3-5-14-23-19-16(24-18(21)4-2)12-9-13-17(19)25-20(22)15-10-7-6-8-11-15/h4,6-12H,2-3,5,14H2,1H3. The van der Waals surface area contributed by atoms with E-state index < -0.39 is 11.9 Å². The van der Waals surface area contributed by atoms with Crippen LogP contribution in [-0.4, -0.2) is 18.5 Å². The zero-order valence-corrected chi connectivity index (χ0v) is 14.0. The number of unbranched alkanes of at least 4 members (excludes halogenated alkanes) is 1. The molecule has 2 aromatic rings. The van der Waals surface area contributed by atoms with Gasteiger partial charge in [0.2, 0.25) is 5.75 Å². The minimum absolute atomic E-state index is 0.0688. The number of rotatable bonds is 8. The van der Waals surface area contributed by atoms with Crippen LogP contribution in [0.4, 0.5) is 0 Å². The Balaban J connectivity index is 2.28. The van der Waals surface area contributed by atoms with Gasteiger partial charge in [0, 0.05) is 12.1 Å². The number of carbonyl (C=O) groups is 2. The second-order valence-electron chi connectivity index (χ2n) is 5.08. The van der Waals surface area contributed by atoms with Gasteiger partial charge in [-0.25, -0.2) is 9.59 Å². The van der Waals surface area contributed by atoms with Gasteiger partial charge in [0.15, 0.2) is 11.5 Å². The Bertz CT molecular complexity index is 737. The number of hydrogen-bond donors (Lipinski definition) is 0. The zero-order chi connectivity index (χ0) is 18.1. The van der Waals surface area contributed by atoms with Gasteiger partial charge in [-0.05, 0) is 30.7 Å². The highest BCUT2D eigenvalue weighted by Gasteiger charge is 2.18. The maximum Gasteiger partial charge on any atom is 0.343 e. The molecule has 25 heavy (non-hydrogen) atoms. The Morgan fingerprint density at radius 2 is 1.92 bits per heavy atom. The molecule has 0 fully saturated rings. The lowest BCUT2D eigenvalue weighted by atomic mass is 10.2. The highest BCUT2D eigenvalue weighted by atomic mass is 16.6. The average Bonchev–Trinajstić information content (AvgIpc) is 2.64. The Labute approximate surface area is 146 Å². The Kier molecular flexibility index (Phi) is 6.77. The second-order valence-corrected chi connectivity index (χ2v) is 5.08. The fraction of sp³-hybridized carbons (Fsp3) is 0.200. The Hall–Kier alpha value is -3.08. The molecule has 0 atom stereocenters. The first-order valence-corrected chi connectivity index (χ1v) is 7.94. The van der Waals surface area contributed by atoms with E-state index in [0.29, 0.717) is 12.2 Å². The van der Waals surface area contributed by atoms with Crippen LogP contribution in [0.3, 0.4) is 0 Å². The van der Waals surface area contributed by atoms with Gasteiger partial charge in [0.05, 0.1) is 12.2 Å². The van der Waals surface area contributed by atoms with Gasteiger partial charge in [0.1, 0.15) is 0 Å². The molecule has 0 unspecified atom stereocenters. The Morgan fingerprint density at radius 3 is 2.60 bits per heavy atom.